The summed E-state index contributed by atoms with van der Waals surface area (Å²) in [5, 5.41) is 10.8. The highest BCUT2D eigenvalue weighted by atomic mass is 16.6. The molecule has 0 radical (unpaired) electrons. The lowest BCUT2D eigenvalue weighted by Gasteiger charge is -2.06. The molecule has 1 aromatic carbocycles. The van der Waals surface area contributed by atoms with E-state index in [2.05, 4.69) is 4.98 Å². The Labute approximate surface area is 113 Å². The molecule has 0 saturated heterocycles. The summed E-state index contributed by atoms with van der Waals surface area (Å²) in [6, 6.07) is 5.55. The van der Waals surface area contributed by atoms with Gasteiger partial charge in [0, 0.05) is 17.7 Å². The zero-order chi connectivity index (χ0) is 14.9. The lowest BCUT2D eigenvalue weighted by Crippen LogP contribution is -2.11. The smallest absolute Gasteiger partial charge is 0.270 e. The number of nitrogen functional groups attached to an aromatic ring is 1. The van der Waals surface area contributed by atoms with E-state index in [-0.39, 0.29) is 17.1 Å². The van der Waals surface area contributed by atoms with Gasteiger partial charge in [-0.3, -0.25) is 14.9 Å². The summed E-state index contributed by atoms with van der Waals surface area (Å²) in [6.45, 7) is 0. The van der Waals surface area contributed by atoms with E-state index in [0.717, 1.165) is 0 Å². The molecule has 1 amide bonds. The number of carbonyl (C=O) groups excluding carboxylic acids is 1. The predicted octanol–water partition coefficient (Wildman–Crippen LogP) is 1.28. The van der Waals surface area contributed by atoms with E-state index in [4.69, 9.17) is 16.2 Å². The van der Waals surface area contributed by atoms with E-state index >= 15 is 0 Å². The maximum atomic E-state index is 11.2. The van der Waals surface area contributed by atoms with Crippen molar-refractivity contribution in [2.24, 2.45) is 5.73 Å². The number of nitrogens with zero attached hydrogens (tertiary/aromatic N) is 1. The van der Waals surface area contributed by atoms with Gasteiger partial charge in [0.05, 0.1) is 23.3 Å². The third-order valence-electron chi connectivity index (χ3n) is 2.80. The highest BCUT2D eigenvalue weighted by molar-refractivity contribution is 5.99. The molecule has 0 aliphatic carbocycles. The Bertz CT molecular complexity index is 693. The monoisotopic (exact) mass is 276 g/mol. The van der Waals surface area contributed by atoms with Gasteiger partial charge < -0.3 is 21.2 Å². The fourth-order valence-corrected chi connectivity index (χ4v) is 1.84. The first-order valence-corrected chi connectivity index (χ1v) is 5.55. The minimum Gasteiger partial charge on any atom is -0.496 e. The van der Waals surface area contributed by atoms with Crippen LogP contribution in [0.1, 0.15) is 10.4 Å². The van der Waals surface area contributed by atoms with Gasteiger partial charge in [0.15, 0.2) is 0 Å². The van der Waals surface area contributed by atoms with Crippen LogP contribution in [0.25, 0.3) is 11.3 Å². The fourth-order valence-electron chi connectivity index (χ4n) is 1.84. The first-order chi connectivity index (χ1) is 9.43. The van der Waals surface area contributed by atoms with Crippen LogP contribution in [0, 0.1) is 10.1 Å². The van der Waals surface area contributed by atoms with E-state index in [1.165, 1.54) is 31.4 Å². The molecule has 8 nitrogen and oxygen atoms in total. The topological polar surface area (TPSA) is 137 Å². The molecule has 5 N–H and O–H groups in total. The van der Waals surface area contributed by atoms with Gasteiger partial charge in [-0.05, 0) is 12.1 Å². The molecular formula is C12H12N4O4. The first kappa shape index (κ1) is 13.4. The summed E-state index contributed by atoms with van der Waals surface area (Å²) in [7, 11) is 1.44. The Morgan fingerprint density at radius 2 is 2.10 bits per heavy atom. The number of hydrogen-bond donors (Lipinski definition) is 3. The summed E-state index contributed by atoms with van der Waals surface area (Å²) in [4.78, 5) is 24.2. The Morgan fingerprint density at radius 1 is 1.40 bits per heavy atom. The Hall–Kier alpha value is -3.03. The number of anilines is 1. The Kier molecular flexibility index (Phi) is 3.30. The third-order valence-corrected chi connectivity index (χ3v) is 2.80. The molecule has 1 heterocycles. The second kappa shape index (κ2) is 4.92. The van der Waals surface area contributed by atoms with Crippen LogP contribution in [0.4, 0.5) is 11.5 Å². The lowest BCUT2D eigenvalue weighted by molar-refractivity contribution is -0.384. The van der Waals surface area contributed by atoms with Gasteiger partial charge in [-0.25, -0.2) is 0 Å². The van der Waals surface area contributed by atoms with E-state index in [9.17, 15) is 14.9 Å². The second-order valence-corrected chi connectivity index (χ2v) is 4.02. The molecule has 0 unspecified atom stereocenters. The van der Waals surface area contributed by atoms with Crippen molar-refractivity contribution in [3.05, 3.63) is 39.9 Å². The standard InChI is InChI=1S/C12H12N4O4/c1-20-10-3-2-6(16(18)19)4-7(10)9-5-8(12(14)17)11(13)15-9/h2-5,15H,13H2,1H3,(H2,14,17). The number of H-pyrrole nitrogens is 1. The number of primary amides is 1. The number of non-ortho nitro benzene ring substituents is 1. The number of methoxy groups -OCH3 is 1. The molecule has 0 aliphatic rings. The van der Waals surface area contributed by atoms with Crippen LogP contribution in [0.3, 0.4) is 0 Å². The molecule has 1 aromatic heterocycles. The normalized spacial score (nSPS) is 10.2. The minimum atomic E-state index is -0.686. The van der Waals surface area contributed by atoms with Crippen LogP contribution in [-0.4, -0.2) is 22.9 Å². The van der Waals surface area contributed by atoms with Crippen molar-refractivity contribution in [3.63, 3.8) is 0 Å². The average molecular weight is 276 g/mol. The number of aromatic amines is 1. The van der Waals surface area contributed by atoms with Crippen LogP contribution < -0.4 is 16.2 Å². The van der Waals surface area contributed by atoms with Crippen molar-refractivity contribution in [1.82, 2.24) is 4.98 Å². The average Bonchev–Trinajstić information content (AvgIpc) is 2.80. The molecule has 2 rings (SSSR count). The van der Waals surface area contributed by atoms with Gasteiger partial charge in [-0.2, -0.15) is 0 Å². The number of benzene rings is 1. The van der Waals surface area contributed by atoms with E-state index in [1.807, 2.05) is 0 Å². The van der Waals surface area contributed by atoms with E-state index in [1.54, 1.807) is 0 Å². The number of nitrogens with one attached hydrogen (secondary N) is 1. The summed E-state index contributed by atoms with van der Waals surface area (Å²) in [6.07, 6.45) is 0. The summed E-state index contributed by atoms with van der Waals surface area (Å²) < 4.78 is 5.14. The zero-order valence-corrected chi connectivity index (χ0v) is 10.5. The molecule has 20 heavy (non-hydrogen) atoms. The van der Waals surface area contributed by atoms with Crippen LogP contribution in [0.15, 0.2) is 24.3 Å². The molecule has 0 spiro atoms. The van der Waals surface area contributed by atoms with Crippen molar-refractivity contribution < 1.29 is 14.5 Å². The van der Waals surface area contributed by atoms with Crippen LogP contribution in [0.2, 0.25) is 0 Å². The molecule has 0 atom stereocenters. The molecule has 2 aromatic rings. The number of rotatable bonds is 4. The molecule has 0 fully saturated rings. The molecule has 104 valence electrons. The summed E-state index contributed by atoms with van der Waals surface area (Å²) in [5.74, 6) is -0.177. The van der Waals surface area contributed by atoms with Crippen molar-refractivity contribution in [2.45, 2.75) is 0 Å². The zero-order valence-electron chi connectivity index (χ0n) is 10.5. The number of nitro benzene ring substituents is 1. The summed E-state index contributed by atoms with van der Waals surface area (Å²) >= 11 is 0. The highest BCUT2D eigenvalue weighted by Gasteiger charge is 2.17. The van der Waals surface area contributed by atoms with Crippen molar-refractivity contribution in [1.29, 1.82) is 0 Å². The number of nitro groups is 1. The maximum Gasteiger partial charge on any atom is 0.270 e. The predicted molar refractivity (Wildman–Crippen MR) is 72.4 cm³/mol. The number of carbonyl (C=O) groups is 1. The van der Waals surface area contributed by atoms with Gasteiger partial charge in [0.1, 0.15) is 11.6 Å². The maximum absolute atomic E-state index is 11.2. The minimum absolute atomic E-state index is 0.0982. The first-order valence-electron chi connectivity index (χ1n) is 5.55. The van der Waals surface area contributed by atoms with Crippen LogP contribution in [-0.2, 0) is 0 Å². The van der Waals surface area contributed by atoms with Gasteiger partial charge in [-0.15, -0.1) is 0 Å². The van der Waals surface area contributed by atoms with Gasteiger partial charge in [0.2, 0.25) is 0 Å². The second-order valence-electron chi connectivity index (χ2n) is 4.02. The highest BCUT2D eigenvalue weighted by Crippen LogP contribution is 2.34. The van der Waals surface area contributed by atoms with Gasteiger partial charge in [-0.1, -0.05) is 0 Å². The largest absolute Gasteiger partial charge is 0.496 e. The molecule has 8 heteroatoms. The Morgan fingerprint density at radius 3 is 2.60 bits per heavy atom. The SMILES string of the molecule is COc1ccc([N+](=O)[O-])cc1-c1cc(C(N)=O)c(N)[nH]1. The molecule has 0 saturated carbocycles. The lowest BCUT2D eigenvalue weighted by atomic mass is 10.1. The van der Waals surface area contributed by atoms with E-state index in [0.29, 0.717) is 17.0 Å². The quantitative estimate of drug-likeness (QED) is 0.570. The van der Waals surface area contributed by atoms with Crippen molar-refractivity contribution >= 4 is 17.4 Å². The van der Waals surface area contributed by atoms with Crippen molar-refractivity contribution in [3.8, 4) is 17.0 Å². The van der Waals surface area contributed by atoms with Gasteiger partial charge in [0.25, 0.3) is 11.6 Å². The van der Waals surface area contributed by atoms with Crippen LogP contribution >= 0.6 is 0 Å². The number of amides is 1. The number of nitrogens with two attached hydrogens (primary N) is 2. The third kappa shape index (κ3) is 2.26. The number of aromatic nitrogens is 1. The Balaban J connectivity index is 2.61. The fraction of sp³-hybridized carbons (Fsp3) is 0.0833. The molecular weight excluding hydrogens is 264 g/mol. The van der Waals surface area contributed by atoms with Gasteiger partial charge >= 0.3 is 0 Å². The number of hydrogen-bond acceptors (Lipinski definition) is 5. The molecule has 0 bridgehead atoms. The van der Waals surface area contributed by atoms with Crippen molar-refractivity contribution in [2.75, 3.05) is 12.8 Å². The van der Waals surface area contributed by atoms with E-state index < -0.39 is 10.8 Å². The van der Waals surface area contributed by atoms with Crippen LogP contribution in [0.5, 0.6) is 5.75 Å². The summed E-state index contributed by atoms with van der Waals surface area (Å²) in [5.41, 5.74) is 11.7. The number of ether oxygens (including phenoxy) is 1. The molecule has 0 aliphatic heterocycles.